The first-order chi connectivity index (χ1) is 14.1. The van der Waals surface area contributed by atoms with Gasteiger partial charge in [0.2, 0.25) is 0 Å². The van der Waals surface area contributed by atoms with Crippen molar-refractivity contribution in [2.45, 2.75) is 19.9 Å². The molecular weight excluding hydrogens is 384 g/mol. The summed E-state index contributed by atoms with van der Waals surface area (Å²) in [6.45, 7) is 4.65. The van der Waals surface area contributed by atoms with Crippen molar-refractivity contribution in [1.82, 2.24) is 14.5 Å². The summed E-state index contributed by atoms with van der Waals surface area (Å²) in [6.07, 6.45) is 3.69. The molecule has 0 aliphatic carbocycles. The van der Waals surface area contributed by atoms with Crippen LogP contribution in [0.4, 0.5) is 5.82 Å². The molecule has 0 fully saturated rings. The molecule has 1 atom stereocenters. The number of hydrogen-bond acceptors (Lipinski definition) is 4. The molecule has 0 aliphatic heterocycles. The van der Waals surface area contributed by atoms with Gasteiger partial charge in [-0.15, -0.1) is 0 Å². The maximum atomic E-state index is 6.40. The van der Waals surface area contributed by atoms with Gasteiger partial charge < -0.3 is 14.6 Å². The summed E-state index contributed by atoms with van der Waals surface area (Å²) in [6, 6.07) is 16.4. The van der Waals surface area contributed by atoms with Crippen LogP contribution in [0.5, 0.6) is 0 Å². The Labute approximate surface area is 175 Å². The normalized spacial score (nSPS) is 12.3. The molecule has 1 N–H and O–H groups in total. The number of aromatic nitrogens is 3. The zero-order chi connectivity index (χ0) is 20.4. The Morgan fingerprint density at radius 1 is 1.14 bits per heavy atom. The lowest BCUT2D eigenvalue weighted by atomic mass is 10.1. The Morgan fingerprint density at radius 2 is 1.93 bits per heavy atom. The summed E-state index contributed by atoms with van der Waals surface area (Å²) in [7, 11) is 1.70. The maximum absolute atomic E-state index is 6.40. The molecular formula is C23H23ClN4O. The Hall–Kier alpha value is -2.89. The Kier molecular flexibility index (Phi) is 5.51. The molecule has 0 amide bonds. The first kappa shape index (κ1) is 19.4. The van der Waals surface area contributed by atoms with Crippen molar-refractivity contribution in [2.75, 3.05) is 19.0 Å². The van der Waals surface area contributed by atoms with Crippen LogP contribution in [0.3, 0.4) is 0 Å². The van der Waals surface area contributed by atoms with Crippen LogP contribution in [-0.2, 0) is 4.74 Å². The number of fused-ring (bicyclic) bond motifs is 1. The van der Waals surface area contributed by atoms with Gasteiger partial charge in [-0.2, -0.15) is 0 Å². The van der Waals surface area contributed by atoms with Gasteiger partial charge in [0, 0.05) is 35.6 Å². The van der Waals surface area contributed by atoms with E-state index in [2.05, 4.69) is 51.2 Å². The lowest BCUT2D eigenvalue weighted by Gasteiger charge is -2.14. The van der Waals surface area contributed by atoms with Crippen molar-refractivity contribution in [1.29, 1.82) is 0 Å². The van der Waals surface area contributed by atoms with Crippen LogP contribution in [0, 0.1) is 6.92 Å². The van der Waals surface area contributed by atoms with Crippen molar-refractivity contribution in [2.24, 2.45) is 0 Å². The fourth-order valence-electron chi connectivity index (χ4n) is 3.46. The van der Waals surface area contributed by atoms with Gasteiger partial charge >= 0.3 is 0 Å². The van der Waals surface area contributed by atoms with E-state index in [4.69, 9.17) is 16.3 Å². The molecule has 2 heterocycles. The van der Waals surface area contributed by atoms with Gasteiger partial charge in [-0.1, -0.05) is 48.0 Å². The standard InChI is InChI=1S/C23H23ClN4O/c1-15-9-10-18(11-20(15)24)28-12-19(17-7-5-4-6-8-17)21-22(25-14-26-23(21)28)27-16(2)13-29-3/h4-12,14,16H,13H2,1-3H3,(H,25,26,27). The number of anilines is 1. The largest absolute Gasteiger partial charge is 0.383 e. The maximum Gasteiger partial charge on any atom is 0.150 e. The molecule has 4 rings (SSSR count). The lowest BCUT2D eigenvalue weighted by molar-refractivity contribution is 0.190. The number of aryl methyl sites for hydroxylation is 1. The van der Waals surface area contributed by atoms with Crippen molar-refractivity contribution in [3.8, 4) is 16.8 Å². The Balaban J connectivity index is 1.95. The summed E-state index contributed by atoms with van der Waals surface area (Å²) in [5, 5.41) is 5.16. The number of methoxy groups -OCH3 is 1. The quantitative estimate of drug-likeness (QED) is 0.459. The van der Waals surface area contributed by atoms with Crippen molar-refractivity contribution in [3.63, 3.8) is 0 Å². The van der Waals surface area contributed by atoms with E-state index in [9.17, 15) is 0 Å². The number of halogens is 1. The second kappa shape index (κ2) is 8.23. The molecule has 148 valence electrons. The van der Waals surface area contributed by atoms with Crippen LogP contribution in [0.1, 0.15) is 12.5 Å². The molecule has 2 aromatic carbocycles. The fourth-order valence-corrected chi connectivity index (χ4v) is 3.64. The smallest absolute Gasteiger partial charge is 0.150 e. The first-order valence-electron chi connectivity index (χ1n) is 9.52. The van der Waals surface area contributed by atoms with Crippen molar-refractivity contribution < 1.29 is 4.74 Å². The summed E-state index contributed by atoms with van der Waals surface area (Å²) >= 11 is 6.40. The number of benzene rings is 2. The molecule has 0 saturated carbocycles. The van der Waals surface area contributed by atoms with E-state index >= 15 is 0 Å². The second-order valence-electron chi connectivity index (χ2n) is 7.13. The van der Waals surface area contributed by atoms with Crippen LogP contribution in [0.25, 0.3) is 27.8 Å². The molecule has 0 radical (unpaired) electrons. The van der Waals surface area contributed by atoms with E-state index in [0.717, 1.165) is 44.3 Å². The van der Waals surface area contributed by atoms with Gasteiger partial charge in [0.05, 0.1) is 12.0 Å². The summed E-state index contributed by atoms with van der Waals surface area (Å²) in [5.41, 5.74) is 4.99. The molecule has 0 bridgehead atoms. The number of nitrogens with one attached hydrogen (secondary N) is 1. The fraction of sp³-hybridized carbons (Fsp3) is 0.217. The molecule has 6 heteroatoms. The molecule has 5 nitrogen and oxygen atoms in total. The van der Waals surface area contributed by atoms with Crippen LogP contribution in [0.15, 0.2) is 61.1 Å². The highest BCUT2D eigenvalue weighted by Crippen LogP contribution is 2.36. The monoisotopic (exact) mass is 406 g/mol. The van der Waals surface area contributed by atoms with E-state index < -0.39 is 0 Å². The van der Waals surface area contributed by atoms with E-state index in [1.54, 1.807) is 13.4 Å². The zero-order valence-electron chi connectivity index (χ0n) is 16.7. The molecule has 1 unspecified atom stereocenters. The van der Waals surface area contributed by atoms with Crippen LogP contribution < -0.4 is 5.32 Å². The molecule has 0 saturated heterocycles. The van der Waals surface area contributed by atoms with Gasteiger partial charge in [-0.05, 0) is 37.1 Å². The molecule has 29 heavy (non-hydrogen) atoms. The highest BCUT2D eigenvalue weighted by Gasteiger charge is 2.18. The number of rotatable bonds is 6. The summed E-state index contributed by atoms with van der Waals surface area (Å²) in [4.78, 5) is 9.14. The predicted octanol–water partition coefficient (Wildman–Crippen LogP) is 5.50. The zero-order valence-corrected chi connectivity index (χ0v) is 17.4. The second-order valence-corrected chi connectivity index (χ2v) is 7.54. The Bertz CT molecular complexity index is 1140. The molecule has 0 aliphatic rings. The third-order valence-corrected chi connectivity index (χ3v) is 5.31. The van der Waals surface area contributed by atoms with Gasteiger partial charge in [-0.25, -0.2) is 9.97 Å². The predicted molar refractivity (Wildman–Crippen MR) is 119 cm³/mol. The van der Waals surface area contributed by atoms with Crippen molar-refractivity contribution in [3.05, 3.63) is 71.6 Å². The van der Waals surface area contributed by atoms with Crippen molar-refractivity contribution >= 4 is 28.5 Å². The van der Waals surface area contributed by atoms with Crippen LogP contribution >= 0.6 is 11.6 Å². The number of ether oxygens (including phenoxy) is 1. The average molecular weight is 407 g/mol. The average Bonchev–Trinajstić information content (AvgIpc) is 3.12. The summed E-state index contributed by atoms with van der Waals surface area (Å²) in [5.74, 6) is 0.787. The van der Waals surface area contributed by atoms with E-state index in [0.29, 0.717) is 6.61 Å². The van der Waals surface area contributed by atoms with Gasteiger partial charge in [0.15, 0.2) is 5.65 Å². The van der Waals surface area contributed by atoms with Crippen LogP contribution in [0.2, 0.25) is 5.02 Å². The minimum absolute atomic E-state index is 0.110. The molecule has 2 aromatic heterocycles. The topological polar surface area (TPSA) is 52.0 Å². The third kappa shape index (κ3) is 3.84. The number of nitrogens with zero attached hydrogens (tertiary/aromatic N) is 3. The van der Waals surface area contributed by atoms with Gasteiger partial charge in [0.1, 0.15) is 12.1 Å². The van der Waals surface area contributed by atoms with E-state index in [1.807, 2.05) is 37.3 Å². The van der Waals surface area contributed by atoms with E-state index in [1.165, 1.54) is 0 Å². The minimum Gasteiger partial charge on any atom is -0.383 e. The van der Waals surface area contributed by atoms with E-state index in [-0.39, 0.29) is 6.04 Å². The SMILES string of the molecule is COCC(C)Nc1ncnc2c1c(-c1ccccc1)cn2-c1ccc(C)c(Cl)c1. The summed E-state index contributed by atoms with van der Waals surface area (Å²) < 4.78 is 7.34. The first-order valence-corrected chi connectivity index (χ1v) is 9.89. The molecule has 0 spiro atoms. The third-order valence-electron chi connectivity index (χ3n) is 4.90. The highest BCUT2D eigenvalue weighted by molar-refractivity contribution is 6.31. The minimum atomic E-state index is 0.110. The van der Waals surface area contributed by atoms with Gasteiger partial charge in [0.25, 0.3) is 0 Å². The highest BCUT2D eigenvalue weighted by atomic mass is 35.5. The van der Waals surface area contributed by atoms with Gasteiger partial charge in [-0.3, -0.25) is 0 Å². The number of hydrogen-bond donors (Lipinski definition) is 1. The lowest BCUT2D eigenvalue weighted by Crippen LogP contribution is -2.21. The Morgan fingerprint density at radius 3 is 2.66 bits per heavy atom. The van der Waals surface area contributed by atoms with Crippen LogP contribution in [-0.4, -0.2) is 34.3 Å². The molecule has 4 aromatic rings.